The van der Waals surface area contributed by atoms with E-state index >= 15 is 0 Å². The summed E-state index contributed by atoms with van der Waals surface area (Å²) in [6.45, 7) is 0. The lowest BCUT2D eigenvalue weighted by atomic mass is 9.91. The molecule has 1 aliphatic heterocycles. The van der Waals surface area contributed by atoms with E-state index in [1.54, 1.807) is 0 Å². The van der Waals surface area contributed by atoms with Gasteiger partial charge in [-0.15, -0.1) is 11.8 Å². The van der Waals surface area contributed by atoms with Crippen LogP contribution in [0.5, 0.6) is 5.75 Å². The van der Waals surface area contributed by atoms with E-state index in [-0.39, 0.29) is 12.2 Å². The van der Waals surface area contributed by atoms with Crippen LogP contribution in [0.3, 0.4) is 0 Å². The minimum atomic E-state index is -0.307. The van der Waals surface area contributed by atoms with Gasteiger partial charge >= 0.3 is 0 Å². The van der Waals surface area contributed by atoms with Gasteiger partial charge in [0.2, 0.25) is 0 Å². The Bertz CT molecular complexity index is 413. The van der Waals surface area contributed by atoms with Crippen molar-refractivity contribution in [1.29, 1.82) is 0 Å². The third kappa shape index (κ3) is 3.09. The minimum Gasteiger partial charge on any atom is -0.486 e. The van der Waals surface area contributed by atoms with Gasteiger partial charge in [-0.1, -0.05) is 37.8 Å². The summed E-state index contributed by atoms with van der Waals surface area (Å²) in [7, 11) is 0. The highest BCUT2D eigenvalue weighted by atomic mass is 32.2. The highest BCUT2D eigenvalue weighted by Crippen LogP contribution is 2.38. The van der Waals surface area contributed by atoms with Crippen LogP contribution in [0, 0.1) is 5.92 Å². The van der Waals surface area contributed by atoms with Gasteiger partial charge in [-0.05, 0) is 30.9 Å². The molecule has 2 nitrogen and oxygen atoms in total. The second kappa shape index (κ2) is 6.19. The maximum atomic E-state index is 10.6. The van der Waals surface area contributed by atoms with Crippen LogP contribution < -0.4 is 4.74 Å². The van der Waals surface area contributed by atoms with Gasteiger partial charge in [0.05, 0.1) is 6.10 Å². The van der Waals surface area contributed by atoms with E-state index < -0.39 is 0 Å². The molecule has 3 heteroatoms. The molecule has 0 bridgehead atoms. The van der Waals surface area contributed by atoms with Crippen LogP contribution in [0.4, 0.5) is 0 Å². The maximum absolute atomic E-state index is 10.6. The lowest BCUT2D eigenvalue weighted by Gasteiger charge is -2.33. The van der Waals surface area contributed by atoms with Crippen LogP contribution in [-0.2, 0) is 0 Å². The monoisotopic (exact) mass is 278 g/mol. The molecule has 0 amide bonds. The van der Waals surface area contributed by atoms with Crippen molar-refractivity contribution < 1.29 is 9.84 Å². The Balaban J connectivity index is 1.66. The maximum Gasteiger partial charge on any atom is 0.134 e. The van der Waals surface area contributed by atoms with Gasteiger partial charge in [0.1, 0.15) is 11.9 Å². The molecule has 3 rings (SSSR count). The van der Waals surface area contributed by atoms with Crippen LogP contribution in [0.15, 0.2) is 29.2 Å². The fraction of sp³-hybridized carbons (Fsp3) is 0.625. The Morgan fingerprint density at radius 1 is 1.11 bits per heavy atom. The van der Waals surface area contributed by atoms with Crippen molar-refractivity contribution in [1.82, 2.24) is 0 Å². The quantitative estimate of drug-likeness (QED) is 0.833. The first kappa shape index (κ1) is 13.3. The molecular weight excluding hydrogens is 256 g/mol. The summed E-state index contributed by atoms with van der Waals surface area (Å²) in [4.78, 5) is 1.20. The standard InChI is InChI=1S/C16H22O2S/c17-16(12-7-3-1-2-4-8-12)14-11-19-15-10-6-5-9-13(15)18-14/h5-6,9-10,12,14,16-17H,1-4,7-8,11H2. The molecule has 0 radical (unpaired) electrons. The van der Waals surface area contributed by atoms with Gasteiger partial charge in [0, 0.05) is 10.6 Å². The zero-order chi connectivity index (χ0) is 13.1. The largest absolute Gasteiger partial charge is 0.486 e. The molecule has 2 aliphatic rings. The van der Waals surface area contributed by atoms with Crippen molar-refractivity contribution in [3.05, 3.63) is 24.3 Å². The summed E-state index contributed by atoms with van der Waals surface area (Å²) in [6, 6.07) is 8.14. The lowest BCUT2D eigenvalue weighted by molar-refractivity contribution is 0.00113. The zero-order valence-electron chi connectivity index (χ0n) is 11.3. The molecule has 1 fully saturated rings. The molecule has 0 aromatic heterocycles. The third-order valence-corrected chi connectivity index (χ3v) is 5.44. The number of thioether (sulfide) groups is 1. The first-order valence-corrected chi connectivity index (χ1v) is 8.40. The fourth-order valence-electron chi connectivity index (χ4n) is 3.16. The van der Waals surface area contributed by atoms with Crippen molar-refractivity contribution in [2.45, 2.75) is 55.6 Å². The van der Waals surface area contributed by atoms with E-state index in [2.05, 4.69) is 6.07 Å². The molecule has 19 heavy (non-hydrogen) atoms. The lowest BCUT2D eigenvalue weighted by Crippen LogP contribution is -2.40. The number of benzene rings is 1. The summed E-state index contributed by atoms with van der Waals surface area (Å²) < 4.78 is 6.02. The van der Waals surface area contributed by atoms with Gasteiger partial charge < -0.3 is 9.84 Å². The van der Waals surface area contributed by atoms with Gasteiger partial charge in [-0.2, -0.15) is 0 Å². The average molecular weight is 278 g/mol. The Morgan fingerprint density at radius 2 is 1.84 bits per heavy atom. The molecule has 1 heterocycles. The Hall–Kier alpha value is -0.670. The predicted octanol–water partition coefficient (Wildman–Crippen LogP) is 3.87. The summed E-state index contributed by atoms with van der Waals surface area (Å²) in [5.74, 6) is 2.24. The molecule has 1 N–H and O–H groups in total. The van der Waals surface area contributed by atoms with Crippen molar-refractivity contribution in [3.8, 4) is 5.75 Å². The molecule has 1 aromatic rings. The van der Waals surface area contributed by atoms with Crippen LogP contribution in [0.2, 0.25) is 0 Å². The van der Waals surface area contributed by atoms with E-state index in [1.807, 2.05) is 30.0 Å². The average Bonchev–Trinajstić information content (AvgIpc) is 2.75. The number of aliphatic hydroxyl groups excluding tert-OH is 1. The van der Waals surface area contributed by atoms with Gasteiger partial charge in [0.15, 0.2) is 0 Å². The number of fused-ring (bicyclic) bond motifs is 1. The van der Waals surface area contributed by atoms with E-state index in [9.17, 15) is 5.11 Å². The molecular formula is C16H22O2S. The van der Waals surface area contributed by atoms with Crippen LogP contribution in [-0.4, -0.2) is 23.1 Å². The van der Waals surface area contributed by atoms with Crippen molar-refractivity contribution in [2.75, 3.05) is 5.75 Å². The van der Waals surface area contributed by atoms with Crippen molar-refractivity contribution in [3.63, 3.8) is 0 Å². The van der Waals surface area contributed by atoms with E-state index in [1.165, 1.54) is 30.6 Å². The zero-order valence-corrected chi connectivity index (χ0v) is 12.1. The van der Waals surface area contributed by atoms with E-state index in [0.29, 0.717) is 5.92 Å². The summed E-state index contributed by atoms with van der Waals surface area (Å²) in [6.07, 6.45) is 7.15. The number of ether oxygens (including phenoxy) is 1. The molecule has 1 saturated carbocycles. The Morgan fingerprint density at radius 3 is 2.63 bits per heavy atom. The fourth-order valence-corrected chi connectivity index (χ4v) is 4.20. The van der Waals surface area contributed by atoms with E-state index in [0.717, 1.165) is 24.3 Å². The van der Waals surface area contributed by atoms with Crippen LogP contribution in [0.25, 0.3) is 0 Å². The normalized spacial score (nSPS) is 26.1. The highest BCUT2D eigenvalue weighted by molar-refractivity contribution is 7.99. The molecule has 1 aliphatic carbocycles. The minimum absolute atomic E-state index is 0.0389. The summed E-state index contributed by atoms with van der Waals surface area (Å²) in [5.41, 5.74) is 0. The number of para-hydroxylation sites is 1. The number of hydrogen-bond acceptors (Lipinski definition) is 3. The van der Waals surface area contributed by atoms with Gasteiger partial charge in [-0.25, -0.2) is 0 Å². The first-order valence-electron chi connectivity index (χ1n) is 7.41. The third-order valence-electron chi connectivity index (χ3n) is 4.29. The number of aliphatic hydroxyl groups is 1. The SMILES string of the molecule is OC(C1CCCCCC1)C1CSc2ccccc2O1. The topological polar surface area (TPSA) is 29.5 Å². The molecule has 2 atom stereocenters. The Kier molecular flexibility index (Phi) is 4.34. The van der Waals surface area contributed by atoms with Crippen LogP contribution >= 0.6 is 11.8 Å². The van der Waals surface area contributed by atoms with Gasteiger partial charge in [-0.3, -0.25) is 0 Å². The van der Waals surface area contributed by atoms with Crippen molar-refractivity contribution in [2.24, 2.45) is 5.92 Å². The first-order chi connectivity index (χ1) is 9.34. The molecule has 2 unspecified atom stereocenters. The second-order valence-corrected chi connectivity index (χ2v) is 6.72. The predicted molar refractivity (Wildman–Crippen MR) is 78.8 cm³/mol. The van der Waals surface area contributed by atoms with Crippen LogP contribution in [0.1, 0.15) is 38.5 Å². The number of hydrogen-bond donors (Lipinski definition) is 1. The molecule has 0 saturated heterocycles. The molecule has 1 aromatic carbocycles. The highest BCUT2D eigenvalue weighted by Gasteiger charge is 2.32. The second-order valence-electron chi connectivity index (χ2n) is 5.66. The number of rotatable bonds is 2. The Labute approximate surface area is 119 Å². The molecule has 0 spiro atoms. The summed E-state index contributed by atoms with van der Waals surface area (Å²) >= 11 is 1.81. The van der Waals surface area contributed by atoms with Crippen molar-refractivity contribution >= 4 is 11.8 Å². The molecule has 104 valence electrons. The van der Waals surface area contributed by atoms with E-state index in [4.69, 9.17) is 4.74 Å². The van der Waals surface area contributed by atoms with Gasteiger partial charge in [0.25, 0.3) is 0 Å². The summed E-state index contributed by atoms with van der Waals surface area (Å²) in [5, 5.41) is 10.6. The smallest absolute Gasteiger partial charge is 0.134 e.